The van der Waals surface area contributed by atoms with Gasteiger partial charge in [0.05, 0.1) is 0 Å². The van der Waals surface area contributed by atoms with Gasteiger partial charge in [0, 0.05) is 43.9 Å². The SMILES string of the molecule is CCn1nc(N2CCCC(NC(=O)c3noc(C)c3CN3CCC(C)CC3)C2)ccc1=O. The third kappa shape index (κ3) is 5.03. The molecule has 0 radical (unpaired) electrons. The molecular weight excluding hydrogens is 408 g/mol. The van der Waals surface area contributed by atoms with Crippen LogP contribution in [0.15, 0.2) is 21.5 Å². The van der Waals surface area contributed by atoms with Crippen molar-refractivity contribution >= 4 is 11.7 Å². The highest BCUT2D eigenvalue weighted by atomic mass is 16.5. The van der Waals surface area contributed by atoms with Gasteiger partial charge in [-0.3, -0.25) is 14.5 Å². The van der Waals surface area contributed by atoms with E-state index in [2.05, 4.69) is 32.3 Å². The molecule has 2 fully saturated rings. The van der Waals surface area contributed by atoms with E-state index >= 15 is 0 Å². The first kappa shape index (κ1) is 22.5. The van der Waals surface area contributed by atoms with Crippen molar-refractivity contribution in [3.05, 3.63) is 39.5 Å². The van der Waals surface area contributed by atoms with Crippen LogP contribution in [0.5, 0.6) is 0 Å². The largest absolute Gasteiger partial charge is 0.361 e. The molecule has 2 aromatic rings. The van der Waals surface area contributed by atoms with Gasteiger partial charge >= 0.3 is 0 Å². The normalized spacial score (nSPS) is 20.5. The number of nitrogens with one attached hydrogen (secondary N) is 1. The number of nitrogens with zero attached hydrogens (tertiary/aromatic N) is 5. The number of hydrogen-bond acceptors (Lipinski definition) is 7. The summed E-state index contributed by atoms with van der Waals surface area (Å²) >= 11 is 0. The zero-order valence-corrected chi connectivity index (χ0v) is 19.3. The van der Waals surface area contributed by atoms with Gasteiger partial charge < -0.3 is 14.7 Å². The molecule has 0 aromatic carbocycles. The Morgan fingerprint density at radius 3 is 2.75 bits per heavy atom. The third-order valence-corrected chi connectivity index (χ3v) is 6.69. The summed E-state index contributed by atoms with van der Waals surface area (Å²) in [5.74, 6) is 2.06. The second kappa shape index (κ2) is 9.85. The number of aromatic nitrogens is 3. The molecule has 9 heteroatoms. The number of hydrogen-bond donors (Lipinski definition) is 1. The summed E-state index contributed by atoms with van der Waals surface area (Å²) in [7, 11) is 0. The Morgan fingerprint density at radius 1 is 1.22 bits per heavy atom. The maximum atomic E-state index is 13.1. The minimum absolute atomic E-state index is 0.0132. The molecule has 174 valence electrons. The molecular formula is C23H34N6O3. The Kier molecular flexibility index (Phi) is 6.93. The Morgan fingerprint density at radius 2 is 2.00 bits per heavy atom. The summed E-state index contributed by atoms with van der Waals surface area (Å²) in [5.41, 5.74) is 1.19. The van der Waals surface area contributed by atoms with E-state index in [4.69, 9.17) is 4.52 Å². The molecule has 1 N–H and O–H groups in total. The zero-order valence-electron chi connectivity index (χ0n) is 19.3. The molecule has 1 unspecified atom stereocenters. The van der Waals surface area contributed by atoms with Gasteiger partial charge in [-0.2, -0.15) is 5.10 Å². The predicted molar refractivity (Wildman–Crippen MR) is 122 cm³/mol. The van der Waals surface area contributed by atoms with Crippen molar-refractivity contribution in [2.45, 2.75) is 65.6 Å². The molecule has 1 atom stereocenters. The van der Waals surface area contributed by atoms with Gasteiger partial charge in [0.2, 0.25) is 0 Å². The molecule has 2 aromatic heterocycles. The Bertz CT molecular complexity index is 992. The Balaban J connectivity index is 1.41. The Labute approximate surface area is 188 Å². The molecule has 1 amide bonds. The number of carbonyl (C=O) groups is 1. The van der Waals surface area contributed by atoms with E-state index in [-0.39, 0.29) is 17.5 Å². The smallest absolute Gasteiger partial charge is 0.274 e. The summed E-state index contributed by atoms with van der Waals surface area (Å²) in [4.78, 5) is 29.5. The summed E-state index contributed by atoms with van der Waals surface area (Å²) in [6.45, 7) is 10.9. The van der Waals surface area contributed by atoms with E-state index in [1.807, 2.05) is 13.8 Å². The van der Waals surface area contributed by atoms with E-state index in [0.29, 0.717) is 31.1 Å². The van der Waals surface area contributed by atoms with Gasteiger partial charge in [-0.25, -0.2) is 4.68 Å². The molecule has 0 bridgehead atoms. The average molecular weight is 443 g/mol. The minimum atomic E-state index is -0.180. The maximum Gasteiger partial charge on any atom is 0.274 e. The van der Waals surface area contributed by atoms with Crippen LogP contribution in [0.25, 0.3) is 0 Å². The lowest BCUT2D eigenvalue weighted by Gasteiger charge is -2.34. The van der Waals surface area contributed by atoms with Gasteiger partial charge in [-0.15, -0.1) is 0 Å². The van der Waals surface area contributed by atoms with E-state index in [9.17, 15) is 9.59 Å². The molecule has 0 aliphatic carbocycles. The van der Waals surface area contributed by atoms with Crippen LogP contribution in [0.4, 0.5) is 5.82 Å². The van der Waals surface area contributed by atoms with E-state index in [1.165, 1.54) is 17.5 Å². The number of amides is 1. The number of piperidine rings is 2. The van der Waals surface area contributed by atoms with Crippen molar-refractivity contribution in [2.24, 2.45) is 5.92 Å². The Hall–Kier alpha value is -2.68. The first-order chi connectivity index (χ1) is 15.4. The van der Waals surface area contributed by atoms with Crippen molar-refractivity contribution in [2.75, 3.05) is 31.1 Å². The highest BCUT2D eigenvalue weighted by Gasteiger charge is 2.28. The van der Waals surface area contributed by atoms with Crippen LogP contribution >= 0.6 is 0 Å². The molecule has 2 aliphatic heterocycles. The maximum absolute atomic E-state index is 13.1. The summed E-state index contributed by atoms with van der Waals surface area (Å²) in [6, 6.07) is 3.30. The van der Waals surface area contributed by atoms with E-state index in [1.54, 1.807) is 12.1 Å². The van der Waals surface area contributed by atoms with Gasteiger partial charge in [0.1, 0.15) is 11.6 Å². The van der Waals surface area contributed by atoms with Gasteiger partial charge in [0.15, 0.2) is 5.69 Å². The van der Waals surface area contributed by atoms with Crippen molar-refractivity contribution in [3.8, 4) is 0 Å². The standard InChI is InChI=1S/C23H34N6O3/c1-4-29-21(30)8-7-20(25-29)28-11-5-6-18(14-28)24-23(31)22-19(17(3)32-26-22)15-27-12-9-16(2)10-13-27/h7-8,16,18H,4-6,9-15H2,1-3H3,(H,24,31). The number of likely N-dealkylation sites (tertiary alicyclic amines) is 1. The number of anilines is 1. The quantitative estimate of drug-likeness (QED) is 0.732. The second-order valence-electron chi connectivity index (χ2n) is 9.13. The van der Waals surface area contributed by atoms with Crippen LogP contribution in [0.3, 0.4) is 0 Å². The summed E-state index contributed by atoms with van der Waals surface area (Å²) in [6.07, 6.45) is 4.20. The van der Waals surface area contributed by atoms with E-state index < -0.39 is 0 Å². The fourth-order valence-electron chi connectivity index (χ4n) is 4.59. The summed E-state index contributed by atoms with van der Waals surface area (Å²) < 4.78 is 6.87. The molecule has 2 saturated heterocycles. The predicted octanol–water partition coefficient (Wildman–Crippen LogP) is 2.19. The minimum Gasteiger partial charge on any atom is -0.361 e. The fourth-order valence-corrected chi connectivity index (χ4v) is 4.59. The second-order valence-corrected chi connectivity index (χ2v) is 9.13. The topological polar surface area (TPSA) is 96.5 Å². The lowest BCUT2D eigenvalue weighted by Crippen LogP contribution is -2.48. The highest BCUT2D eigenvalue weighted by molar-refractivity contribution is 5.94. The lowest BCUT2D eigenvalue weighted by atomic mass is 9.98. The molecule has 0 spiro atoms. The van der Waals surface area contributed by atoms with Gasteiger partial charge in [0.25, 0.3) is 11.5 Å². The van der Waals surface area contributed by atoms with E-state index in [0.717, 1.165) is 49.8 Å². The number of rotatable bonds is 6. The molecule has 0 saturated carbocycles. The average Bonchev–Trinajstić information content (AvgIpc) is 3.16. The van der Waals surface area contributed by atoms with Crippen molar-refractivity contribution in [1.82, 2.24) is 25.2 Å². The molecule has 4 rings (SSSR count). The highest BCUT2D eigenvalue weighted by Crippen LogP contribution is 2.22. The molecule has 32 heavy (non-hydrogen) atoms. The summed E-state index contributed by atoms with van der Waals surface area (Å²) in [5, 5.41) is 11.7. The van der Waals surface area contributed by atoms with Crippen LogP contribution in [0, 0.1) is 12.8 Å². The van der Waals surface area contributed by atoms with Crippen LogP contribution < -0.4 is 15.8 Å². The molecule has 2 aliphatic rings. The fraction of sp³-hybridized carbons (Fsp3) is 0.652. The molecule has 9 nitrogen and oxygen atoms in total. The van der Waals surface area contributed by atoms with Crippen LogP contribution in [0.1, 0.15) is 61.3 Å². The first-order valence-corrected chi connectivity index (χ1v) is 11.8. The number of carbonyl (C=O) groups excluding carboxylic acids is 1. The number of aryl methyl sites for hydroxylation is 2. The first-order valence-electron chi connectivity index (χ1n) is 11.8. The van der Waals surface area contributed by atoms with Crippen LogP contribution in [-0.4, -0.2) is 58.0 Å². The van der Waals surface area contributed by atoms with Crippen molar-refractivity contribution < 1.29 is 9.32 Å². The monoisotopic (exact) mass is 442 g/mol. The lowest BCUT2D eigenvalue weighted by molar-refractivity contribution is 0.0921. The zero-order chi connectivity index (χ0) is 22.7. The van der Waals surface area contributed by atoms with Crippen LogP contribution in [0.2, 0.25) is 0 Å². The van der Waals surface area contributed by atoms with Crippen LogP contribution in [-0.2, 0) is 13.1 Å². The van der Waals surface area contributed by atoms with Crippen molar-refractivity contribution in [3.63, 3.8) is 0 Å². The molecule has 4 heterocycles. The van der Waals surface area contributed by atoms with Gasteiger partial charge in [-0.05, 0) is 64.6 Å². The van der Waals surface area contributed by atoms with Crippen molar-refractivity contribution in [1.29, 1.82) is 0 Å². The van der Waals surface area contributed by atoms with Gasteiger partial charge in [-0.1, -0.05) is 12.1 Å². The third-order valence-electron chi connectivity index (χ3n) is 6.69.